The first kappa shape index (κ1) is 17.1. The zero-order valence-electron chi connectivity index (χ0n) is 14.1. The molecule has 0 bridgehead atoms. The van der Waals surface area contributed by atoms with Crippen molar-refractivity contribution >= 4 is 38.5 Å². The van der Waals surface area contributed by atoms with E-state index in [9.17, 15) is 9.59 Å². The maximum atomic E-state index is 12.1. The van der Waals surface area contributed by atoms with Crippen LogP contribution in [0.2, 0.25) is 0 Å². The van der Waals surface area contributed by atoms with Crippen molar-refractivity contribution in [2.75, 3.05) is 5.32 Å². The number of carbonyl (C=O) groups excluding carboxylic acids is 2. The zero-order chi connectivity index (χ0) is 17.8. The van der Waals surface area contributed by atoms with Crippen molar-refractivity contribution < 1.29 is 9.59 Å². The molecule has 3 rings (SSSR count). The van der Waals surface area contributed by atoms with Crippen LogP contribution in [0.1, 0.15) is 30.5 Å². The van der Waals surface area contributed by atoms with Crippen molar-refractivity contribution in [2.45, 2.75) is 26.3 Å². The van der Waals surface area contributed by atoms with Gasteiger partial charge in [0.15, 0.2) is 5.13 Å². The summed E-state index contributed by atoms with van der Waals surface area (Å²) in [5.41, 5.74) is 2.98. The Balaban J connectivity index is 1.57. The van der Waals surface area contributed by atoms with Gasteiger partial charge in [-0.05, 0) is 37.1 Å². The molecule has 0 spiro atoms. The highest BCUT2D eigenvalue weighted by atomic mass is 32.1. The number of rotatable bonds is 5. The largest absolute Gasteiger partial charge is 0.349 e. The second-order valence-corrected chi connectivity index (χ2v) is 6.95. The van der Waals surface area contributed by atoms with E-state index in [4.69, 9.17) is 0 Å². The van der Waals surface area contributed by atoms with Crippen LogP contribution in [0.3, 0.4) is 0 Å². The summed E-state index contributed by atoms with van der Waals surface area (Å²) >= 11 is 1.40. The Hall–Kier alpha value is -2.73. The number of hydrogen-bond donors (Lipinski definition) is 2. The quantitative estimate of drug-likeness (QED) is 0.685. The molecule has 2 amide bonds. The molecule has 0 radical (unpaired) electrons. The molecule has 0 unspecified atom stereocenters. The molecule has 3 aromatic rings. The molecular weight excluding hydrogens is 334 g/mol. The van der Waals surface area contributed by atoms with E-state index in [-0.39, 0.29) is 24.3 Å². The van der Waals surface area contributed by atoms with Crippen LogP contribution in [0.25, 0.3) is 10.2 Å². The minimum Gasteiger partial charge on any atom is -0.349 e. The van der Waals surface area contributed by atoms with Crippen molar-refractivity contribution in [2.24, 2.45) is 0 Å². The highest BCUT2D eigenvalue weighted by Gasteiger charge is 2.15. The number of amides is 2. The molecule has 2 N–H and O–H groups in total. The van der Waals surface area contributed by atoms with Gasteiger partial charge in [-0.15, -0.1) is 0 Å². The molecule has 128 valence electrons. The van der Waals surface area contributed by atoms with Crippen molar-refractivity contribution in [3.63, 3.8) is 0 Å². The van der Waals surface area contributed by atoms with E-state index in [0.29, 0.717) is 5.13 Å². The number of benzene rings is 2. The number of carbonyl (C=O) groups is 2. The third kappa shape index (κ3) is 4.42. The molecule has 1 atom stereocenters. The second kappa shape index (κ2) is 7.44. The standard InChI is InChI=1S/C19H19N3O2S/c1-12-8-9-15-16(10-12)25-19(21-15)22-18(24)11-17(23)20-13(2)14-6-4-3-5-7-14/h3-10,13H,11H2,1-2H3,(H,20,23)(H,21,22,24)/t13-/m1/s1. The minimum absolute atomic E-state index is 0.146. The fourth-order valence-electron chi connectivity index (χ4n) is 2.51. The lowest BCUT2D eigenvalue weighted by Crippen LogP contribution is -2.30. The molecule has 1 heterocycles. The van der Waals surface area contributed by atoms with Gasteiger partial charge in [0, 0.05) is 0 Å². The fourth-order valence-corrected chi connectivity index (χ4v) is 3.49. The van der Waals surface area contributed by atoms with Crippen molar-refractivity contribution in [3.8, 4) is 0 Å². The Morgan fingerprint density at radius 1 is 1.12 bits per heavy atom. The number of nitrogens with one attached hydrogen (secondary N) is 2. The smallest absolute Gasteiger partial charge is 0.235 e. The highest BCUT2D eigenvalue weighted by molar-refractivity contribution is 7.22. The molecule has 0 aliphatic carbocycles. The molecule has 0 aliphatic heterocycles. The Morgan fingerprint density at radius 3 is 2.64 bits per heavy atom. The molecule has 0 saturated carbocycles. The Morgan fingerprint density at radius 2 is 1.88 bits per heavy atom. The second-order valence-electron chi connectivity index (χ2n) is 5.92. The van der Waals surface area contributed by atoms with Crippen molar-refractivity contribution in [1.29, 1.82) is 0 Å². The van der Waals surface area contributed by atoms with Crippen LogP contribution in [0.15, 0.2) is 48.5 Å². The van der Waals surface area contributed by atoms with Crippen LogP contribution in [-0.4, -0.2) is 16.8 Å². The van der Waals surface area contributed by atoms with E-state index in [1.165, 1.54) is 11.3 Å². The fraction of sp³-hybridized carbons (Fsp3) is 0.211. The lowest BCUT2D eigenvalue weighted by molar-refractivity contribution is -0.127. The lowest BCUT2D eigenvalue weighted by atomic mass is 10.1. The molecule has 1 aromatic heterocycles. The van der Waals surface area contributed by atoms with Crippen LogP contribution in [-0.2, 0) is 9.59 Å². The van der Waals surface area contributed by atoms with Crippen LogP contribution in [0.5, 0.6) is 0 Å². The topological polar surface area (TPSA) is 71.1 Å². The Kier molecular flexibility index (Phi) is 5.09. The van der Waals surface area contributed by atoms with E-state index in [1.54, 1.807) is 0 Å². The van der Waals surface area contributed by atoms with Crippen molar-refractivity contribution in [3.05, 3.63) is 59.7 Å². The van der Waals surface area contributed by atoms with Crippen LogP contribution >= 0.6 is 11.3 Å². The normalized spacial score (nSPS) is 11.9. The van der Waals surface area contributed by atoms with Crippen LogP contribution < -0.4 is 10.6 Å². The molecule has 25 heavy (non-hydrogen) atoms. The molecular formula is C19H19N3O2S. The Bertz CT molecular complexity index is 905. The van der Waals surface area contributed by atoms with Gasteiger partial charge in [0.25, 0.3) is 0 Å². The maximum absolute atomic E-state index is 12.1. The van der Waals surface area contributed by atoms with E-state index < -0.39 is 0 Å². The molecule has 0 fully saturated rings. The average Bonchev–Trinajstić information content (AvgIpc) is 2.96. The van der Waals surface area contributed by atoms with Gasteiger partial charge in [-0.1, -0.05) is 47.7 Å². The molecule has 6 heteroatoms. The number of aromatic nitrogens is 1. The summed E-state index contributed by atoms with van der Waals surface area (Å²) in [6.07, 6.45) is -0.230. The van der Waals surface area contributed by atoms with Crippen molar-refractivity contribution in [1.82, 2.24) is 10.3 Å². The van der Waals surface area contributed by atoms with Gasteiger partial charge in [0.1, 0.15) is 6.42 Å². The SMILES string of the molecule is Cc1ccc2nc(NC(=O)CC(=O)N[C@H](C)c3ccccc3)sc2c1. The number of hydrogen-bond acceptors (Lipinski definition) is 4. The number of anilines is 1. The first-order valence-electron chi connectivity index (χ1n) is 8.02. The first-order chi connectivity index (χ1) is 12.0. The monoisotopic (exact) mass is 353 g/mol. The van der Waals surface area contributed by atoms with Gasteiger partial charge < -0.3 is 10.6 Å². The van der Waals surface area contributed by atoms with Gasteiger partial charge in [-0.3, -0.25) is 9.59 Å². The number of fused-ring (bicyclic) bond motifs is 1. The predicted octanol–water partition coefficient (Wildman–Crippen LogP) is 3.81. The van der Waals surface area contributed by atoms with E-state index in [0.717, 1.165) is 21.3 Å². The summed E-state index contributed by atoms with van der Waals surface area (Å²) in [5, 5.41) is 6.04. The molecule has 2 aromatic carbocycles. The summed E-state index contributed by atoms with van der Waals surface area (Å²) in [6.45, 7) is 3.90. The lowest BCUT2D eigenvalue weighted by Gasteiger charge is -2.13. The summed E-state index contributed by atoms with van der Waals surface area (Å²) in [5.74, 6) is -0.681. The number of thiazole rings is 1. The molecule has 5 nitrogen and oxygen atoms in total. The Labute approximate surface area is 150 Å². The zero-order valence-corrected chi connectivity index (χ0v) is 14.9. The van der Waals surface area contributed by atoms with Gasteiger partial charge in [0.05, 0.1) is 16.3 Å². The summed E-state index contributed by atoms with van der Waals surface area (Å²) < 4.78 is 1.01. The van der Waals surface area contributed by atoms with Gasteiger partial charge in [-0.2, -0.15) is 0 Å². The minimum atomic E-state index is -0.367. The summed E-state index contributed by atoms with van der Waals surface area (Å²) in [7, 11) is 0. The summed E-state index contributed by atoms with van der Waals surface area (Å²) in [4.78, 5) is 28.5. The van der Waals surface area contributed by atoms with E-state index in [1.807, 2.05) is 62.4 Å². The highest BCUT2D eigenvalue weighted by Crippen LogP contribution is 2.26. The molecule has 0 aliphatic rings. The van der Waals surface area contributed by atoms with Gasteiger partial charge in [0.2, 0.25) is 11.8 Å². The predicted molar refractivity (Wildman–Crippen MR) is 101 cm³/mol. The molecule has 0 saturated heterocycles. The first-order valence-corrected chi connectivity index (χ1v) is 8.84. The third-order valence-electron chi connectivity index (χ3n) is 3.79. The maximum Gasteiger partial charge on any atom is 0.235 e. The number of nitrogens with zero attached hydrogens (tertiary/aromatic N) is 1. The third-order valence-corrected chi connectivity index (χ3v) is 4.72. The van der Waals surface area contributed by atoms with E-state index in [2.05, 4.69) is 15.6 Å². The number of aryl methyl sites for hydroxylation is 1. The summed E-state index contributed by atoms with van der Waals surface area (Å²) in [6, 6.07) is 15.4. The van der Waals surface area contributed by atoms with E-state index >= 15 is 0 Å². The van der Waals surface area contributed by atoms with Crippen LogP contribution in [0, 0.1) is 6.92 Å². The van der Waals surface area contributed by atoms with Gasteiger partial charge in [-0.25, -0.2) is 4.98 Å². The average molecular weight is 353 g/mol. The van der Waals surface area contributed by atoms with Crippen LogP contribution in [0.4, 0.5) is 5.13 Å². The van der Waals surface area contributed by atoms with Gasteiger partial charge >= 0.3 is 0 Å².